The summed E-state index contributed by atoms with van der Waals surface area (Å²) in [5, 5.41) is 14.4. The number of nitrogens with one attached hydrogen (secondary N) is 2. The molecule has 3 aromatic rings. The molecule has 0 bridgehead atoms. The van der Waals surface area contributed by atoms with Crippen LogP contribution in [-0.4, -0.2) is 23.1 Å². The molecule has 132 valence electrons. The van der Waals surface area contributed by atoms with E-state index < -0.39 is 23.7 Å². The molecule has 2 amide bonds. The minimum Gasteiger partial charge on any atom is -0.480 e. The summed E-state index contributed by atoms with van der Waals surface area (Å²) in [4.78, 5) is 34.9. The van der Waals surface area contributed by atoms with E-state index in [4.69, 9.17) is 9.52 Å². The molecule has 3 N–H and O–H groups in total. The van der Waals surface area contributed by atoms with Crippen molar-refractivity contribution in [3.05, 3.63) is 65.0 Å². The summed E-state index contributed by atoms with van der Waals surface area (Å²) in [6.45, 7) is 1.36. The minimum absolute atomic E-state index is 0.367. The molecule has 0 fully saturated rings. The molecule has 0 aliphatic rings. The molecule has 0 aliphatic heterocycles. The third-order valence-electron chi connectivity index (χ3n) is 3.79. The topological polar surface area (TPSA) is 109 Å². The van der Waals surface area contributed by atoms with Crippen LogP contribution in [0.2, 0.25) is 0 Å². The zero-order valence-corrected chi connectivity index (χ0v) is 13.9. The van der Waals surface area contributed by atoms with Gasteiger partial charge >= 0.3 is 17.6 Å². The smallest absolute Gasteiger partial charge is 0.344 e. The quantitative estimate of drug-likeness (QED) is 0.625. The van der Waals surface area contributed by atoms with Gasteiger partial charge in [-0.15, -0.1) is 0 Å². The van der Waals surface area contributed by atoms with Gasteiger partial charge in [0.15, 0.2) is 0 Å². The number of hydrogen-bond acceptors (Lipinski definition) is 4. The molecule has 7 nitrogen and oxygen atoms in total. The number of hydrogen-bond donors (Lipinski definition) is 3. The number of benzene rings is 2. The third-order valence-corrected chi connectivity index (χ3v) is 3.79. The van der Waals surface area contributed by atoms with Crippen LogP contribution in [0.1, 0.15) is 6.92 Å². The van der Waals surface area contributed by atoms with Crippen LogP contribution in [0.25, 0.3) is 22.1 Å². The Balaban J connectivity index is 1.88. The lowest BCUT2D eigenvalue weighted by molar-refractivity contribution is -0.138. The van der Waals surface area contributed by atoms with Gasteiger partial charge in [0.25, 0.3) is 0 Å². The number of amides is 2. The summed E-state index contributed by atoms with van der Waals surface area (Å²) in [5.41, 5.74) is 1.38. The fraction of sp³-hybridized carbons (Fsp3) is 0.105. The minimum atomic E-state index is -1.14. The number of carbonyl (C=O) groups is 2. The summed E-state index contributed by atoms with van der Waals surface area (Å²) in [7, 11) is 0. The Bertz CT molecular complexity index is 1040. The molecule has 0 radical (unpaired) electrons. The lowest BCUT2D eigenvalue weighted by Gasteiger charge is -2.11. The number of carboxylic acid groups (broad SMARTS) is 1. The van der Waals surface area contributed by atoms with E-state index in [0.29, 0.717) is 22.4 Å². The van der Waals surface area contributed by atoms with Gasteiger partial charge in [-0.2, -0.15) is 0 Å². The monoisotopic (exact) mass is 352 g/mol. The van der Waals surface area contributed by atoms with Crippen molar-refractivity contribution in [2.45, 2.75) is 13.0 Å². The third kappa shape index (κ3) is 3.72. The zero-order valence-electron chi connectivity index (χ0n) is 13.9. The Morgan fingerprint density at radius 3 is 2.62 bits per heavy atom. The molecule has 1 atom stereocenters. The Labute approximate surface area is 148 Å². The number of anilines is 1. The lowest BCUT2D eigenvalue weighted by Crippen LogP contribution is -2.40. The molecule has 26 heavy (non-hydrogen) atoms. The second-order valence-corrected chi connectivity index (χ2v) is 5.72. The van der Waals surface area contributed by atoms with Crippen molar-refractivity contribution < 1.29 is 19.1 Å². The first-order valence-corrected chi connectivity index (χ1v) is 7.87. The van der Waals surface area contributed by atoms with Gasteiger partial charge in [-0.1, -0.05) is 30.3 Å². The van der Waals surface area contributed by atoms with E-state index in [2.05, 4.69) is 10.6 Å². The number of aliphatic carboxylic acids is 1. The molecular weight excluding hydrogens is 336 g/mol. The van der Waals surface area contributed by atoms with Gasteiger partial charge in [-0.3, -0.25) is 4.79 Å². The van der Waals surface area contributed by atoms with Crippen LogP contribution in [-0.2, 0) is 4.79 Å². The van der Waals surface area contributed by atoms with Crippen LogP contribution in [0, 0.1) is 0 Å². The Morgan fingerprint density at radius 1 is 1.08 bits per heavy atom. The Kier molecular flexibility index (Phi) is 4.70. The van der Waals surface area contributed by atoms with E-state index in [1.807, 2.05) is 12.1 Å². The molecule has 0 spiro atoms. The first-order chi connectivity index (χ1) is 12.4. The molecule has 0 saturated carbocycles. The maximum atomic E-state index is 12.3. The van der Waals surface area contributed by atoms with Gasteiger partial charge in [0.1, 0.15) is 11.6 Å². The predicted molar refractivity (Wildman–Crippen MR) is 97.2 cm³/mol. The highest BCUT2D eigenvalue weighted by Gasteiger charge is 2.14. The van der Waals surface area contributed by atoms with Crippen LogP contribution in [0.5, 0.6) is 0 Å². The van der Waals surface area contributed by atoms with Gasteiger partial charge in [0.05, 0.1) is 5.56 Å². The predicted octanol–water partition coefficient (Wildman–Crippen LogP) is 3.05. The molecule has 0 aliphatic carbocycles. The van der Waals surface area contributed by atoms with Gasteiger partial charge in [0, 0.05) is 11.1 Å². The van der Waals surface area contributed by atoms with E-state index >= 15 is 0 Å². The molecule has 1 heterocycles. The summed E-state index contributed by atoms with van der Waals surface area (Å²) in [6.07, 6.45) is 0. The number of carboxylic acids is 1. The van der Waals surface area contributed by atoms with E-state index in [1.165, 1.54) is 6.92 Å². The summed E-state index contributed by atoms with van der Waals surface area (Å²) >= 11 is 0. The maximum absolute atomic E-state index is 12.3. The molecule has 2 aromatic carbocycles. The summed E-state index contributed by atoms with van der Waals surface area (Å²) < 4.78 is 5.33. The van der Waals surface area contributed by atoms with Crippen LogP contribution < -0.4 is 16.3 Å². The average molecular weight is 352 g/mol. The molecule has 7 heteroatoms. The van der Waals surface area contributed by atoms with Crippen molar-refractivity contribution in [3.63, 3.8) is 0 Å². The van der Waals surface area contributed by atoms with Crippen LogP contribution >= 0.6 is 0 Å². The summed E-state index contributed by atoms with van der Waals surface area (Å²) in [5.74, 6) is -1.14. The largest absolute Gasteiger partial charge is 0.480 e. The molecule has 3 rings (SSSR count). The SMILES string of the molecule is CC(NC(=O)Nc1cccc(-c2cc3ccccc3oc2=O)c1)C(=O)O. The number of urea groups is 1. The van der Waals surface area contributed by atoms with Gasteiger partial charge in [-0.25, -0.2) is 9.59 Å². The normalized spacial score (nSPS) is 11.7. The van der Waals surface area contributed by atoms with Crippen molar-refractivity contribution in [3.8, 4) is 11.1 Å². The van der Waals surface area contributed by atoms with E-state index in [1.54, 1.807) is 42.5 Å². The zero-order chi connectivity index (χ0) is 18.7. The van der Waals surface area contributed by atoms with E-state index in [-0.39, 0.29) is 0 Å². The first-order valence-electron chi connectivity index (χ1n) is 7.87. The number of carbonyl (C=O) groups excluding carboxylic acids is 1. The lowest BCUT2D eigenvalue weighted by atomic mass is 10.1. The second kappa shape index (κ2) is 7.10. The van der Waals surface area contributed by atoms with Gasteiger partial charge in [0.2, 0.25) is 0 Å². The number of rotatable bonds is 4. The Hall–Kier alpha value is -3.61. The number of para-hydroxylation sites is 1. The maximum Gasteiger partial charge on any atom is 0.344 e. The number of fused-ring (bicyclic) bond motifs is 1. The van der Waals surface area contributed by atoms with Crippen LogP contribution in [0.3, 0.4) is 0 Å². The fourth-order valence-corrected chi connectivity index (χ4v) is 2.45. The fourth-order valence-electron chi connectivity index (χ4n) is 2.45. The average Bonchev–Trinajstić information content (AvgIpc) is 2.61. The van der Waals surface area contributed by atoms with Gasteiger partial charge in [-0.05, 0) is 36.8 Å². The van der Waals surface area contributed by atoms with Crippen molar-refractivity contribution in [1.29, 1.82) is 0 Å². The van der Waals surface area contributed by atoms with Crippen LogP contribution in [0.4, 0.5) is 10.5 Å². The van der Waals surface area contributed by atoms with Crippen molar-refractivity contribution in [2.75, 3.05) is 5.32 Å². The summed E-state index contributed by atoms with van der Waals surface area (Å²) in [6, 6.07) is 13.9. The second-order valence-electron chi connectivity index (χ2n) is 5.72. The highest BCUT2D eigenvalue weighted by Crippen LogP contribution is 2.23. The Morgan fingerprint density at radius 2 is 1.85 bits per heavy atom. The van der Waals surface area contributed by atoms with Crippen molar-refractivity contribution in [2.24, 2.45) is 0 Å². The first kappa shape index (κ1) is 17.2. The molecule has 1 aromatic heterocycles. The van der Waals surface area contributed by atoms with Gasteiger partial charge < -0.3 is 20.2 Å². The highest BCUT2D eigenvalue weighted by molar-refractivity contribution is 5.93. The molecule has 0 saturated heterocycles. The van der Waals surface area contributed by atoms with Crippen molar-refractivity contribution in [1.82, 2.24) is 5.32 Å². The standard InChI is InChI=1S/C19H16N2O5/c1-11(17(22)23)20-19(25)21-14-7-4-6-12(9-14)15-10-13-5-2-3-8-16(13)26-18(15)24/h2-11H,1H3,(H,22,23)(H2,20,21,25). The highest BCUT2D eigenvalue weighted by atomic mass is 16.4. The van der Waals surface area contributed by atoms with Crippen LogP contribution in [0.15, 0.2) is 63.8 Å². The molecule has 1 unspecified atom stereocenters. The van der Waals surface area contributed by atoms with E-state index in [9.17, 15) is 14.4 Å². The van der Waals surface area contributed by atoms with Crippen molar-refractivity contribution >= 4 is 28.7 Å². The molecular formula is C19H16N2O5. The van der Waals surface area contributed by atoms with E-state index in [0.717, 1.165) is 5.39 Å².